The molecular formula is C18H30N4O2. The minimum absolute atomic E-state index is 0.00764. The average Bonchev–Trinajstić information content (AvgIpc) is 2.61. The Morgan fingerprint density at radius 2 is 2.00 bits per heavy atom. The molecule has 1 heterocycles. The Morgan fingerprint density at radius 1 is 1.21 bits per heavy atom. The van der Waals surface area contributed by atoms with Crippen LogP contribution in [-0.2, 0) is 4.79 Å². The van der Waals surface area contributed by atoms with Crippen molar-refractivity contribution in [3.63, 3.8) is 0 Å². The lowest BCUT2D eigenvalue weighted by atomic mass is 10.2. The van der Waals surface area contributed by atoms with Gasteiger partial charge in [0, 0.05) is 37.9 Å². The molecule has 0 saturated carbocycles. The van der Waals surface area contributed by atoms with Crippen molar-refractivity contribution < 1.29 is 9.59 Å². The van der Waals surface area contributed by atoms with Crippen LogP contribution in [0.1, 0.15) is 69.8 Å². The van der Waals surface area contributed by atoms with Crippen LogP contribution < -0.4 is 5.32 Å². The Morgan fingerprint density at radius 3 is 2.62 bits per heavy atom. The molecule has 0 aromatic carbocycles. The molecule has 0 radical (unpaired) electrons. The average molecular weight is 334 g/mol. The molecule has 1 atom stereocenters. The van der Waals surface area contributed by atoms with Gasteiger partial charge in [-0.3, -0.25) is 14.6 Å². The molecule has 0 aliphatic heterocycles. The van der Waals surface area contributed by atoms with E-state index in [0.717, 1.165) is 19.3 Å². The second-order valence-electron chi connectivity index (χ2n) is 6.01. The Labute approximate surface area is 145 Å². The summed E-state index contributed by atoms with van der Waals surface area (Å²) in [4.78, 5) is 34.3. The molecule has 0 spiro atoms. The highest BCUT2D eigenvalue weighted by atomic mass is 16.2. The summed E-state index contributed by atoms with van der Waals surface area (Å²) in [7, 11) is 0. The maximum Gasteiger partial charge on any atom is 0.274 e. The van der Waals surface area contributed by atoms with Gasteiger partial charge >= 0.3 is 0 Å². The molecule has 2 amide bonds. The Balaban J connectivity index is 2.49. The minimum Gasteiger partial charge on any atom is -0.356 e. The first kappa shape index (κ1) is 20.1. The van der Waals surface area contributed by atoms with Gasteiger partial charge in [-0.05, 0) is 19.8 Å². The zero-order valence-corrected chi connectivity index (χ0v) is 15.1. The van der Waals surface area contributed by atoms with Crippen molar-refractivity contribution in [2.45, 2.75) is 65.3 Å². The number of nitrogens with zero attached hydrogens (tertiary/aromatic N) is 3. The van der Waals surface area contributed by atoms with Crippen LogP contribution in [-0.4, -0.2) is 45.8 Å². The van der Waals surface area contributed by atoms with E-state index >= 15 is 0 Å². The van der Waals surface area contributed by atoms with Crippen molar-refractivity contribution in [2.75, 3.05) is 13.1 Å². The van der Waals surface area contributed by atoms with Gasteiger partial charge < -0.3 is 10.2 Å². The van der Waals surface area contributed by atoms with E-state index in [2.05, 4.69) is 22.2 Å². The Bertz CT molecular complexity index is 493. The fourth-order valence-electron chi connectivity index (χ4n) is 2.39. The molecule has 1 aromatic rings. The lowest BCUT2D eigenvalue weighted by molar-refractivity contribution is -0.121. The second kappa shape index (κ2) is 11.5. The highest BCUT2D eigenvalue weighted by molar-refractivity contribution is 5.92. The van der Waals surface area contributed by atoms with Crippen LogP contribution in [0, 0.1) is 0 Å². The molecule has 0 bridgehead atoms. The van der Waals surface area contributed by atoms with Gasteiger partial charge in [-0.15, -0.1) is 0 Å². The third kappa shape index (κ3) is 7.06. The van der Waals surface area contributed by atoms with Crippen molar-refractivity contribution in [2.24, 2.45) is 0 Å². The van der Waals surface area contributed by atoms with E-state index in [9.17, 15) is 9.59 Å². The monoisotopic (exact) mass is 334 g/mol. The molecule has 0 aliphatic rings. The fourth-order valence-corrected chi connectivity index (χ4v) is 2.39. The highest BCUT2D eigenvalue weighted by Gasteiger charge is 2.22. The summed E-state index contributed by atoms with van der Waals surface area (Å²) >= 11 is 0. The van der Waals surface area contributed by atoms with E-state index in [4.69, 9.17) is 0 Å². The minimum atomic E-state index is -0.173. The summed E-state index contributed by atoms with van der Waals surface area (Å²) in [6, 6.07) is 0.0526. The molecule has 0 fully saturated rings. The van der Waals surface area contributed by atoms with Crippen molar-refractivity contribution in [1.82, 2.24) is 20.2 Å². The van der Waals surface area contributed by atoms with Crippen molar-refractivity contribution in [1.29, 1.82) is 0 Å². The second-order valence-corrected chi connectivity index (χ2v) is 6.01. The van der Waals surface area contributed by atoms with Crippen LogP contribution in [0.3, 0.4) is 0 Å². The van der Waals surface area contributed by atoms with E-state index in [1.54, 1.807) is 4.90 Å². The third-order valence-electron chi connectivity index (χ3n) is 4.10. The molecule has 1 rings (SSSR count). The lowest BCUT2D eigenvalue weighted by Gasteiger charge is -2.28. The highest BCUT2D eigenvalue weighted by Crippen LogP contribution is 2.09. The van der Waals surface area contributed by atoms with E-state index in [1.807, 2.05) is 13.8 Å². The van der Waals surface area contributed by atoms with E-state index < -0.39 is 0 Å². The van der Waals surface area contributed by atoms with Crippen LogP contribution in [0.4, 0.5) is 0 Å². The first-order chi connectivity index (χ1) is 11.6. The molecule has 24 heavy (non-hydrogen) atoms. The van der Waals surface area contributed by atoms with E-state index in [0.29, 0.717) is 25.2 Å². The van der Waals surface area contributed by atoms with Crippen molar-refractivity contribution in [3.8, 4) is 0 Å². The molecule has 0 aliphatic carbocycles. The first-order valence-corrected chi connectivity index (χ1v) is 8.93. The third-order valence-corrected chi connectivity index (χ3v) is 4.10. The van der Waals surface area contributed by atoms with E-state index in [-0.39, 0.29) is 17.9 Å². The van der Waals surface area contributed by atoms with Crippen LogP contribution in [0.25, 0.3) is 0 Å². The number of hydrogen-bond acceptors (Lipinski definition) is 4. The summed E-state index contributed by atoms with van der Waals surface area (Å²) < 4.78 is 0. The van der Waals surface area contributed by atoms with Gasteiger partial charge in [-0.25, -0.2) is 4.98 Å². The van der Waals surface area contributed by atoms with Crippen LogP contribution >= 0.6 is 0 Å². The zero-order chi connectivity index (χ0) is 17.8. The van der Waals surface area contributed by atoms with Crippen molar-refractivity contribution in [3.05, 3.63) is 24.3 Å². The predicted octanol–water partition coefficient (Wildman–Crippen LogP) is 2.80. The summed E-state index contributed by atoms with van der Waals surface area (Å²) in [6.07, 6.45) is 10.2. The van der Waals surface area contributed by atoms with Gasteiger partial charge in [0.1, 0.15) is 5.69 Å². The summed E-state index contributed by atoms with van der Waals surface area (Å²) in [5.74, 6) is -0.181. The van der Waals surface area contributed by atoms with Crippen LogP contribution in [0.15, 0.2) is 18.6 Å². The van der Waals surface area contributed by atoms with Gasteiger partial charge in [-0.1, -0.05) is 33.1 Å². The van der Waals surface area contributed by atoms with Gasteiger partial charge in [0.25, 0.3) is 5.91 Å². The number of nitrogens with one attached hydrogen (secondary N) is 1. The topological polar surface area (TPSA) is 75.2 Å². The fraction of sp³-hybridized carbons (Fsp3) is 0.667. The summed E-state index contributed by atoms with van der Waals surface area (Å²) in [6.45, 7) is 7.27. The van der Waals surface area contributed by atoms with Gasteiger partial charge in [-0.2, -0.15) is 0 Å². The number of amides is 2. The maximum atomic E-state index is 12.6. The first-order valence-electron chi connectivity index (χ1n) is 8.93. The Kier molecular flexibility index (Phi) is 9.65. The number of rotatable bonds is 11. The quantitative estimate of drug-likeness (QED) is 0.631. The number of carbonyl (C=O) groups excluding carboxylic acids is 2. The molecule has 1 N–H and O–H groups in total. The molecule has 6 heteroatoms. The molecule has 6 nitrogen and oxygen atoms in total. The Hall–Kier alpha value is -1.98. The van der Waals surface area contributed by atoms with Gasteiger partial charge in [0.15, 0.2) is 0 Å². The normalized spacial score (nSPS) is 11.8. The van der Waals surface area contributed by atoms with Crippen molar-refractivity contribution >= 4 is 11.8 Å². The standard InChI is InChI=1S/C18H30N4O2/c1-4-6-7-8-10-21-17(23)9-13-22(15(3)5-2)18(24)16-14-19-11-12-20-16/h11-12,14-15H,4-10,13H2,1-3H3,(H,21,23)/t15-/m0/s1. The number of hydrogen-bond donors (Lipinski definition) is 1. The number of unbranched alkanes of at least 4 members (excludes halogenated alkanes) is 3. The molecule has 0 unspecified atom stereocenters. The maximum absolute atomic E-state index is 12.6. The largest absolute Gasteiger partial charge is 0.356 e. The van der Waals surface area contributed by atoms with Crippen LogP contribution in [0.2, 0.25) is 0 Å². The summed E-state index contributed by atoms with van der Waals surface area (Å²) in [5, 5.41) is 2.93. The van der Waals surface area contributed by atoms with E-state index in [1.165, 1.54) is 31.4 Å². The van der Waals surface area contributed by atoms with Crippen LogP contribution in [0.5, 0.6) is 0 Å². The molecule has 134 valence electrons. The molecule has 1 aromatic heterocycles. The van der Waals surface area contributed by atoms with Gasteiger partial charge in [0.2, 0.25) is 5.91 Å². The molecule has 0 saturated heterocycles. The number of aromatic nitrogens is 2. The smallest absolute Gasteiger partial charge is 0.274 e. The number of carbonyl (C=O) groups is 2. The van der Waals surface area contributed by atoms with Gasteiger partial charge in [0.05, 0.1) is 6.20 Å². The molecular weight excluding hydrogens is 304 g/mol. The lowest BCUT2D eigenvalue weighted by Crippen LogP contribution is -2.41. The predicted molar refractivity (Wildman–Crippen MR) is 94.6 cm³/mol. The summed E-state index contributed by atoms with van der Waals surface area (Å²) in [5.41, 5.74) is 0.317. The zero-order valence-electron chi connectivity index (χ0n) is 15.1. The SMILES string of the molecule is CCCCCCNC(=O)CCN(C(=O)c1cnccn1)[C@@H](C)CC.